The van der Waals surface area contributed by atoms with Crippen LogP contribution in [0, 0.1) is 16.0 Å². The molecule has 1 rings (SSSR count). The van der Waals surface area contributed by atoms with E-state index in [1.807, 2.05) is 13.8 Å². The van der Waals surface area contributed by atoms with E-state index in [2.05, 4.69) is 0 Å². The molecule has 0 N–H and O–H groups in total. The number of alkyl halides is 1. The Kier molecular flexibility index (Phi) is 7.52. The predicted molar refractivity (Wildman–Crippen MR) is 92.8 cm³/mol. The third-order valence-electron chi connectivity index (χ3n) is 2.98. The van der Waals surface area contributed by atoms with Gasteiger partial charge in [0, 0.05) is 30.6 Å². The molecule has 23 heavy (non-hydrogen) atoms. The lowest BCUT2D eigenvalue weighted by molar-refractivity contribution is -0.384. The number of halogens is 2. The summed E-state index contributed by atoms with van der Waals surface area (Å²) in [6.45, 7) is 6.57. The monoisotopic (exact) mass is 358 g/mol. The van der Waals surface area contributed by atoms with Gasteiger partial charge in [-0.25, -0.2) is 0 Å². The lowest BCUT2D eigenvalue weighted by Crippen LogP contribution is -2.32. The van der Waals surface area contributed by atoms with Gasteiger partial charge in [-0.05, 0) is 24.5 Å². The minimum atomic E-state index is -0.532. The molecule has 0 heterocycles. The van der Waals surface area contributed by atoms with Crippen molar-refractivity contribution in [3.8, 4) is 0 Å². The van der Waals surface area contributed by atoms with E-state index in [1.165, 1.54) is 18.2 Å². The van der Waals surface area contributed by atoms with Crippen molar-refractivity contribution >= 4 is 34.8 Å². The van der Waals surface area contributed by atoms with Crippen molar-refractivity contribution in [1.82, 2.24) is 4.90 Å². The predicted octanol–water partition coefficient (Wildman–Crippen LogP) is 4.42. The Balaban J connectivity index is 2.99. The highest BCUT2D eigenvalue weighted by Gasteiger charge is 2.17. The molecule has 0 aromatic heterocycles. The van der Waals surface area contributed by atoms with Gasteiger partial charge in [-0.3, -0.25) is 14.9 Å². The van der Waals surface area contributed by atoms with Crippen molar-refractivity contribution < 1.29 is 9.72 Å². The van der Waals surface area contributed by atoms with Gasteiger partial charge >= 0.3 is 0 Å². The molecule has 0 spiro atoms. The Morgan fingerprint density at radius 2 is 2.04 bits per heavy atom. The maximum absolute atomic E-state index is 12.3. The van der Waals surface area contributed by atoms with Crippen LogP contribution in [0.15, 0.2) is 30.4 Å². The van der Waals surface area contributed by atoms with Crippen LogP contribution in [-0.4, -0.2) is 27.7 Å². The number of nitro benzene ring substituents is 1. The molecule has 1 aromatic carbocycles. The van der Waals surface area contributed by atoms with E-state index in [-0.39, 0.29) is 34.5 Å². The third kappa shape index (κ3) is 6.59. The van der Waals surface area contributed by atoms with E-state index in [9.17, 15) is 14.9 Å². The molecule has 126 valence electrons. The average Bonchev–Trinajstić information content (AvgIpc) is 2.45. The van der Waals surface area contributed by atoms with Crippen molar-refractivity contribution in [3.05, 3.63) is 51.1 Å². The summed E-state index contributed by atoms with van der Waals surface area (Å²) in [4.78, 5) is 24.4. The van der Waals surface area contributed by atoms with Gasteiger partial charge in [0.15, 0.2) is 0 Å². The first kappa shape index (κ1) is 19.5. The summed E-state index contributed by atoms with van der Waals surface area (Å²) < 4.78 is 0. The number of nitro groups is 1. The summed E-state index contributed by atoms with van der Waals surface area (Å²) in [5.41, 5.74) is 0.494. The van der Waals surface area contributed by atoms with Gasteiger partial charge in [0.2, 0.25) is 5.91 Å². The van der Waals surface area contributed by atoms with E-state index in [1.54, 1.807) is 24.0 Å². The van der Waals surface area contributed by atoms with Crippen LogP contribution in [0.2, 0.25) is 5.02 Å². The lowest BCUT2D eigenvalue weighted by Gasteiger charge is -2.23. The number of amides is 1. The standard InChI is InChI=1S/C16H20Cl2N2O3/c1-11(2)9-19(16(21)7-4-12(3)17)10-13-5-6-14(18)15(8-13)20(22)23/h4-8,11-12H,9-10H2,1-3H3/b7-4+. The number of benzene rings is 1. The van der Waals surface area contributed by atoms with E-state index < -0.39 is 4.92 Å². The lowest BCUT2D eigenvalue weighted by atomic mass is 10.1. The van der Waals surface area contributed by atoms with Gasteiger partial charge < -0.3 is 4.90 Å². The Morgan fingerprint density at radius 3 is 2.57 bits per heavy atom. The number of hydrogen-bond acceptors (Lipinski definition) is 3. The van der Waals surface area contributed by atoms with Crippen LogP contribution in [-0.2, 0) is 11.3 Å². The van der Waals surface area contributed by atoms with Crippen molar-refractivity contribution in [1.29, 1.82) is 0 Å². The molecule has 1 atom stereocenters. The first-order chi connectivity index (χ1) is 10.7. The molecule has 7 heteroatoms. The van der Waals surface area contributed by atoms with Gasteiger partial charge in [0.25, 0.3) is 5.69 Å². The molecule has 1 aromatic rings. The molecule has 0 aliphatic carbocycles. The summed E-state index contributed by atoms with van der Waals surface area (Å²) in [7, 11) is 0. The number of rotatable bonds is 7. The normalized spacial score (nSPS) is 12.6. The molecule has 0 saturated carbocycles. The van der Waals surface area contributed by atoms with Gasteiger partial charge in [-0.2, -0.15) is 0 Å². The molecule has 0 aliphatic rings. The SMILES string of the molecule is CC(Cl)/C=C/C(=O)N(Cc1ccc(Cl)c([N+](=O)[O-])c1)CC(C)C. The second-order valence-corrected chi connectivity index (χ2v) is 6.79. The third-order valence-corrected chi connectivity index (χ3v) is 3.45. The van der Waals surface area contributed by atoms with E-state index >= 15 is 0 Å². The fourth-order valence-corrected chi connectivity index (χ4v) is 2.27. The zero-order valence-corrected chi connectivity index (χ0v) is 14.8. The Bertz CT molecular complexity index is 601. The Hall–Kier alpha value is -1.59. The van der Waals surface area contributed by atoms with Crippen LogP contribution in [0.25, 0.3) is 0 Å². The van der Waals surface area contributed by atoms with Crippen LogP contribution in [0.5, 0.6) is 0 Å². The Labute approximate surface area is 146 Å². The maximum atomic E-state index is 12.3. The van der Waals surface area contributed by atoms with Crippen molar-refractivity contribution in [2.24, 2.45) is 5.92 Å². The second kappa shape index (κ2) is 8.89. The number of allylic oxidation sites excluding steroid dienone is 1. The molecule has 1 amide bonds. The number of hydrogen-bond donors (Lipinski definition) is 0. The summed E-state index contributed by atoms with van der Waals surface area (Å²) in [5.74, 6) is 0.0897. The topological polar surface area (TPSA) is 63.5 Å². The van der Waals surface area contributed by atoms with Crippen molar-refractivity contribution in [3.63, 3.8) is 0 Å². The second-order valence-electron chi connectivity index (χ2n) is 5.69. The smallest absolute Gasteiger partial charge is 0.288 e. The molecule has 1 unspecified atom stereocenters. The van der Waals surface area contributed by atoms with Crippen LogP contribution in [0.3, 0.4) is 0 Å². The molecule has 0 bridgehead atoms. The van der Waals surface area contributed by atoms with Crippen molar-refractivity contribution in [2.45, 2.75) is 32.7 Å². The summed E-state index contributed by atoms with van der Waals surface area (Å²) >= 11 is 11.6. The van der Waals surface area contributed by atoms with E-state index in [0.717, 1.165) is 0 Å². The van der Waals surface area contributed by atoms with Crippen LogP contribution in [0.1, 0.15) is 26.3 Å². The highest BCUT2D eigenvalue weighted by Crippen LogP contribution is 2.25. The molecule has 5 nitrogen and oxygen atoms in total. The average molecular weight is 359 g/mol. The van der Waals surface area contributed by atoms with Crippen LogP contribution in [0.4, 0.5) is 5.69 Å². The van der Waals surface area contributed by atoms with Gasteiger partial charge in [-0.15, -0.1) is 11.6 Å². The van der Waals surface area contributed by atoms with Crippen LogP contribution < -0.4 is 0 Å². The largest absolute Gasteiger partial charge is 0.335 e. The van der Waals surface area contributed by atoms with Crippen molar-refractivity contribution in [2.75, 3.05) is 6.54 Å². The molecular formula is C16H20Cl2N2O3. The highest BCUT2D eigenvalue weighted by atomic mass is 35.5. The molecule has 0 aliphatic heterocycles. The zero-order valence-electron chi connectivity index (χ0n) is 13.3. The fourth-order valence-electron chi connectivity index (χ4n) is 2.01. The first-order valence-corrected chi connectivity index (χ1v) is 8.06. The van der Waals surface area contributed by atoms with Gasteiger partial charge in [-0.1, -0.05) is 37.6 Å². The van der Waals surface area contributed by atoms with E-state index in [0.29, 0.717) is 12.1 Å². The fraction of sp³-hybridized carbons (Fsp3) is 0.438. The maximum Gasteiger partial charge on any atom is 0.288 e. The van der Waals surface area contributed by atoms with E-state index in [4.69, 9.17) is 23.2 Å². The summed E-state index contributed by atoms with van der Waals surface area (Å²) in [5, 5.41) is 10.8. The molecule has 0 radical (unpaired) electrons. The Morgan fingerprint density at radius 1 is 1.39 bits per heavy atom. The molecule has 0 fully saturated rings. The highest BCUT2D eigenvalue weighted by molar-refractivity contribution is 6.32. The summed E-state index contributed by atoms with van der Waals surface area (Å²) in [6.07, 6.45) is 3.05. The number of nitrogens with zero attached hydrogens (tertiary/aromatic N) is 2. The van der Waals surface area contributed by atoms with Gasteiger partial charge in [0.05, 0.1) is 4.92 Å². The van der Waals surface area contributed by atoms with Crippen LogP contribution >= 0.6 is 23.2 Å². The molecular weight excluding hydrogens is 339 g/mol. The molecule has 0 saturated heterocycles. The van der Waals surface area contributed by atoms with Gasteiger partial charge in [0.1, 0.15) is 5.02 Å². The quantitative estimate of drug-likeness (QED) is 0.313. The number of carbonyl (C=O) groups excluding carboxylic acids is 1. The summed E-state index contributed by atoms with van der Waals surface area (Å²) in [6, 6.07) is 4.56. The first-order valence-electron chi connectivity index (χ1n) is 7.24. The number of carbonyl (C=O) groups is 1. The zero-order chi connectivity index (χ0) is 17.6. The minimum absolute atomic E-state index is 0.0800. The minimum Gasteiger partial charge on any atom is -0.335 e.